The fraction of sp³-hybridized carbons (Fsp3) is 0.650. The summed E-state index contributed by atoms with van der Waals surface area (Å²) in [6, 6.07) is 9.52. The average molecular weight is 395 g/mol. The Balaban J connectivity index is 1.82. The summed E-state index contributed by atoms with van der Waals surface area (Å²) in [5.41, 5.74) is 0.916. The van der Waals surface area contributed by atoms with Gasteiger partial charge in [-0.2, -0.15) is 0 Å². The van der Waals surface area contributed by atoms with Crippen LogP contribution in [-0.2, 0) is 30.3 Å². The van der Waals surface area contributed by atoms with Crippen molar-refractivity contribution in [2.45, 2.75) is 50.7 Å². The maximum absolute atomic E-state index is 13.2. The monoisotopic (exact) mass is 395 g/mol. The van der Waals surface area contributed by atoms with Crippen LogP contribution < -0.4 is 0 Å². The highest BCUT2D eigenvalue weighted by atomic mass is 16.8. The summed E-state index contributed by atoms with van der Waals surface area (Å²) < 4.78 is 23.1. The highest BCUT2D eigenvalue weighted by Crippen LogP contribution is 2.33. The van der Waals surface area contributed by atoms with Crippen LogP contribution in [0.1, 0.15) is 19.4 Å². The number of ether oxygens (including phenoxy) is 4. The first kappa shape index (κ1) is 21.2. The van der Waals surface area contributed by atoms with E-state index in [0.29, 0.717) is 26.3 Å². The molecule has 0 radical (unpaired) electrons. The Hall–Kier alpha value is -1.55. The Morgan fingerprint density at radius 2 is 1.86 bits per heavy atom. The molecule has 4 atom stereocenters. The van der Waals surface area contributed by atoms with Crippen LogP contribution >= 0.6 is 0 Å². The number of hydrogen-bond donors (Lipinski definition) is 2. The molecule has 1 aromatic rings. The summed E-state index contributed by atoms with van der Waals surface area (Å²) in [6.45, 7) is 4.99. The number of rotatable bonds is 7. The number of morpholine rings is 1. The number of benzene rings is 1. The van der Waals surface area contributed by atoms with Crippen molar-refractivity contribution in [1.29, 1.82) is 0 Å². The van der Waals surface area contributed by atoms with Gasteiger partial charge in [-0.15, -0.1) is 0 Å². The second-order valence-corrected chi connectivity index (χ2v) is 7.47. The molecule has 1 amide bonds. The van der Waals surface area contributed by atoms with Crippen molar-refractivity contribution in [3.8, 4) is 0 Å². The molecule has 0 saturated carbocycles. The van der Waals surface area contributed by atoms with Gasteiger partial charge in [0, 0.05) is 13.1 Å². The van der Waals surface area contributed by atoms with Crippen molar-refractivity contribution >= 4 is 5.91 Å². The van der Waals surface area contributed by atoms with Gasteiger partial charge in [0.15, 0.2) is 11.9 Å². The van der Waals surface area contributed by atoms with Gasteiger partial charge in [0.2, 0.25) is 0 Å². The van der Waals surface area contributed by atoms with Crippen molar-refractivity contribution in [3.05, 3.63) is 35.9 Å². The van der Waals surface area contributed by atoms with E-state index in [1.165, 1.54) is 0 Å². The lowest BCUT2D eigenvalue weighted by molar-refractivity contribution is -0.175. The molecule has 28 heavy (non-hydrogen) atoms. The van der Waals surface area contributed by atoms with Gasteiger partial charge in [0.1, 0.15) is 18.3 Å². The van der Waals surface area contributed by atoms with E-state index in [-0.39, 0.29) is 12.5 Å². The molecule has 8 nitrogen and oxygen atoms in total. The smallest absolute Gasteiger partial charge is 0.254 e. The summed E-state index contributed by atoms with van der Waals surface area (Å²) in [6.07, 6.45) is -3.90. The fourth-order valence-corrected chi connectivity index (χ4v) is 3.48. The largest absolute Gasteiger partial charge is 0.394 e. The molecule has 2 fully saturated rings. The van der Waals surface area contributed by atoms with Gasteiger partial charge >= 0.3 is 0 Å². The number of amides is 1. The van der Waals surface area contributed by atoms with Gasteiger partial charge in [-0.1, -0.05) is 30.3 Å². The van der Waals surface area contributed by atoms with Crippen molar-refractivity contribution in [2.75, 3.05) is 32.9 Å². The van der Waals surface area contributed by atoms with Gasteiger partial charge in [-0.3, -0.25) is 4.79 Å². The van der Waals surface area contributed by atoms with Gasteiger partial charge < -0.3 is 34.1 Å². The van der Waals surface area contributed by atoms with Gasteiger partial charge in [0.05, 0.1) is 26.4 Å². The number of aliphatic hydroxyl groups excluding tert-OH is 2. The predicted octanol–water partition coefficient (Wildman–Crippen LogP) is 0.304. The average Bonchev–Trinajstić information content (AvgIpc) is 3.04. The zero-order chi connectivity index (χ0) is 20.1. The minimum Gasteiger partial charge on any atom is -0.394 e. The Labute approximate surface area is 164 Å². The van der Waals surface area contributed by atoms with Crippen molar-refractivity contribution in [2.24, 2.45) is 0 Å². The number of carbonyl (C=O) groups excluding carboxylic acids is 1. The third-order valence-corrected chi connectivity index (χ3v) is 4.87. The number of nitrogens with zero attached hydrogens (tertiary/aromatic N) is 1. The van der Waals surface area contributed by atoms with Gasteiger partial charge in [-0.05, 0) is 19.4 Å². The van der Waals surface area contributed by atoms with Gasteiger partial charge in [-0.25, -0.2) is 0 Å². The van der Waals surface area contributed by atoms with Crippen molar-refractivity contribution in [1.82, 2.24) is 4.90 Å². The Morgan fingerprint density at radius 1 is 1.21 bits per heavy atom. The molecular formula is C20H29NO7. The third-order valence-electron chi connectivity index (χ3n) is 4.87. The van der Waals surface area contributed by atoms with Crippen LogP contribution in [0.4, 0.5) is 0 Å². The molecule has 3 rings (SSSR count). The number of carbonyl (C=O) groups is 1. The Kier molecular flexibility index (Phi) is 7.03. The molecule has 2 saturated heterocycles. The first-order valence-corrected chi connectivity index (χ1v) is 9.58. The second-order valence-electron chi connectivity index (χ2n) is 7.47. The van der Waals surface area contributed by atoms with Crippen LogP contribution in [0, 0.1) is 0 Å². The lowest BCUT2D eigenvalue weighted by Gasteiger charge is -2.34. The zero-order valence-electron chi connectivity index (χ0n) is 16.3. The molecule has 1 aromatic carbocycles. The molecule has 0 unspecified atom stereocenters. The SMILES string of the molecule is CC1(C)O[C@H]([C@H](O)CO)[C@@H]([C@@H](OCc2ccccc2)C(=O)N2CCOCC2)O1. The van der Waals surface area contributed by atoms with E-state index < -0.39 is 36.8 Å². The topological polar surface area (TPSA) is 97.7 Å². The fourth-order valence-electron chi connectivity index (χ4n) is 3.48. The van der Waals surface area contributed by atoms with E-state index in [0.717, 1.165) is 5.56 Å². The molecule has 156 valence electrons. The predicted molar refractivity (Wildman–Crippen MR) is 99.3 cm³/mol. The van der Waals surface area contributed by atoms with Crippen LogP contribution in [-0.4, -0.2) is 84.1 Å². The van der Waals surface area contributed by atoms with Crippen molar-refractivity contribution < 1.29 is 34.0 Å². The molecule has 0 bridgehead atoms. The third kappa shape index (κ3) is 5.08. The van der Waals surface area contributed by atoms with Gasteiger partial charge in [0.25, 0.3) is 5.91 Å². The molecule has 2 N–H and O–H groups in total. The molecule has 0 aromatic heterocycles. The van der Waals surface area contributed by atoms with Crippen molar-refractivity contribution in [3.63, 3.8) is 0 Å². The summed E-state index contributed by atoms with van der Waals surface area (Å²) in [5.74, 6) is -1.24. The molecule has 2 aliphatic rings. The maximum Gasteiger partial charge on any atom is 0.254 e. The van der Waals surface area contributed by atoms with E-state index >= 15 is 0 Å². The summed E-state index contributed by atoms with van der Waals surface area (Å²) >= 11 is 0. The minimum atomic E-state index is -1.19. The maximum atomic E-state index is 13.2. The van der Waals surface area contributed by atoms with E-state index in [9.17, 15) is 15.0 Å². The Bertz CT molecular complexity index is 633. The van der Waals surface area contributed by atoms with E-state index in [4.69, 9.17) is 18.9 Å². The first-order valence-electron chi connectivity index (χ1n) is 9.58. The van der Waals surface area contributed by atoms with Crippen LogP contribution in [0.15, 0.2) is 30.3 Å². The van der Waals surface area contributed by atoms with E-state index in [2.05, 4.69) is 0 Å². The van der Waals surface area contributed by atoms with Crippen LogP contribution in [0.25, 0.3) is 0 Å². The molecule has 2 heterocycles. The lowest BCUT2D eigenvalue weighted by atomic mass is 10.0. The summed E-state index contributed by atoms with van der Waals surface area (Å²) in [5, 5.41) is 19.7. The van der Waals surface area contributed by atoms with Crippen LogP contribution in [0.2, 0.25) is 0 Å². The van der Waals surface area contributed by atoms with E-state index in [1.807, 2.05) is 30.3 Å². The normalized spacial score (nSPS) is 26.8. The quantitative estimate of drug-likeness (QED) is 0.685. The molecule has 0 spiro atoms. The summed E-state index contributed by atoms with van der Waals surface area (Å²) in [4.78, 5) is 14.9. The molecule has 0 aliphatic carbocycles. The lowest BCUT2D eigenvalue weighted by Crippen LogP contribution is -2.54. The van der Waals surface area contributed by atoms with Crippen LogP contribution in [0.3, 0.4) is 0 Å². The number of aliphatic hydroxyl groups is 2. The molecule has 8 heteroatoms. The Morgan fingerprint density at radius 3 is 2.50 bits per heavy atom. The summed E-state index contributed by atoms with van der Waals surface area (Å²) in [7, 11) is 0. The highest BCUT2D eigenvalue weighted by Gasteiger charge is 2.51. The first-order chi connectivity index (χ1) is 13.4. The minimum absolute atomic E-state index is 0.212. The number of hydrogen-bond acceptors (Lipinski definition) is 7. The molecule has 2 aliphatic heterocycles. The van der Waals surface area contributed by atoms with Crippen LogP contribution in [0.5, 0.6) is 0 Å². The van der Waals surface area contributed by atoms with E-state index in [1.54, 1.807) is 18.7 Å². The standard InChI is InChI=1S/C20H29NO7/c1-20(2)27-16(15(23)12-22)17(28-20)18(19(24)21-8-10-25-11-9-21)26-13-14-6-4-3-5-7-14/h3-7,15-18,22-23H,8-13H2,1-2H3/t15-,16-,17+,18-/m1/s1. The second kappa shape index (κ2) is 9.30. The zero-order valence-corrected chi connectivity index (χ0v) is 16.3. The molecular weight excluding hydrogens is 366 g/mol. The highest BCUT2D eigenvalue weighted by molar-refractivity contribution is 5.82.